The van der Waals surface area contributed by atoms with Crippen LogP contribution in [0.1, 0.15) is 36.8 Å². The number of allylic oxidation sites excluding steroid dienone is 1. The van der Waals surface area contributed by atoms with Crippen LogP contribution in [0.5, 0.6) is 5.75 Å². The number of aliphatic hydroxyl groups is 2. The average molecular weight is 601 g/mol. The zero-order chi connectivity index (χ0) is 31.3. The second-order valence-corrected chi connectivity index (χ2v) is 13.0. The van der Waals surface area contributed by atoms with E-state index in [1.807, 2.05) is 19.0 Å². The predicted molar refractivity (Wildman–Crippen MR) is 160 cm³/mol. The van der Waals surface area contributed by atoms with Crippen LogP contribution in [0.4, 0.5) is 0 Å². The first-order valence-electron chi connectivity index (χ1n) is 14.0. The van der Waals surface area contributed by atoms with Crippen molar-refractivity contribution >= 4 is 40.8 Å². The molecule has 0 aliphatic heterocycles. The number of aromatic hydroxyl groups is 1. The van der Waals surface area contributed by atoms with Crippen LogP contribution in [0.3, 0.4) is 0 Å². The van der Waals surface area contributed by atoms with E-state index in [0.717, 1.165) is 12.3 Å². The second kappa shape index (κ2) is 11.8. The first-order valence-corrected chi connectivity index (χ1v) is 15.1. The summed E-state index contributed by atoms with van der Waals surface area (Å²) in [6.07, 6.45) is 0.0273. The molecule has 7 N–H and O–H groups in total. The second-order valence-electron chi connectivity index (χ2n) is 11.9. The SMILES string of the molecule is CCC(=O)C[C@H]1[C@H]2C(=C(O)c3c(O)cccc3[C@@H]2CSCCN(C)C)C(=O)C2C(=O)C(C(N)=O)=C(O)[C@@H](N(C)C)[C@@]21N. The van der Waals surface area contributed by atoms with Crippen molar-refractivity contribution in [1.29, 1.82) is 0 Å². The molecule has 6 atom stereocenters. The molecule has 3 aliphatic rings. The van der Waals surface area contributed by atoms with Gasteiger partial charge in [-0.2, -0.15) is 11.8 Å². The number of hydrogen-bond donors (Lipinski definition) is 5. The van der Waals surface area contributed by atoms with Crippen LogP contribution >= 0.6 is 11.8 Å². The minimum Gasteiger partial charge on any atom is -0.510 e. The molecular formula is C30H40N4O7S. The van der Waals surface area contributed by atoms with Crippen molar-refractivity contribution < 1.29 is 34.5 Å². The van der Waals surface area contributed by atoms with E-state index in [9.17, 15) is 34.5 Å². The molecule has 1 aromatic carbocycles. The molecule has 4 rings (SSSR count). The Labute approximate surface area is 249 Å². The zero-order valence-corrected chi connectivity index (χ0v) is 25.4. The Bertz CT molecular complexity index is 1390. The lowest BCUT2D eigenvalue weighted by Gasteiger charge is -2.58. The summed E-state index contributed by atoms with van der Waals surface area (Å²) < 4.78 is 0. The lowest BCUT2D eigenvalue weighted by Crippen LogP contribution is -2.76. The monoisotopic (exact) mass is 600 g/mol. The summed E-state index contributed by atoms with van der Waals surface area (Å²) in [5, 5.41) is 33.8. The number of carbonyl (C=O) groups is 4. The molecule has 1 unspecified atom stereocenters. The third-order valence-corrected chi connectivity index (χ3v) is 9.98. The number of carbonyl (C=O) groups excluding carboxylic acids is 4. The van der Waals surface area contributed by atoms with E-state index in [-0.39, 0.29) is 35.5 Å². The van der Waals surface area contributed by atoms with Gasteiger partial charge in [-0.3, -0.25) is 24.1 Å². The molecule has 1 saturated carbocycles. The molecule has 0 radical (unpaired) electrons. The number of ketones is 3. The van der Waals surface area contributed by atoms with Crippen LogP contribution in [0, 0.1) is 17.8 Å². The molecule has 12 heteroatoms. The quantitative estimate of drug-likeness (QED) is 0.148. The van der Waals surface area contributed by atoms with Gasteiger partial charge in [-0.15, -0.1) is 0 Å². The Balaban J connectivity index is 2.04. The molecule has 228 valence electrons. The zero-order valence-electron chi connectivity index (χ0n) is 24.6. The van der Waals surface area contributed by atoms with E-state index >= 15 is 0 Å². The fourth-order valence-corrected chi connectivity index (χ4v) is 8.42. The number of primary amides is 1. The first-order chi connectivity index (χ1) is 19.7. The van der Waals surface area contributed by atoms with Crippen molar-refractivity contribution in [3.8, 4) is 5.75 Å². The van der Waals surface area contributed by atoms with Crippen LogP contribution in [0.25, 0.3) is 5.76 Å². The Kier molecular flexibility index (Phi) is 8.94. The molecular weight excluding hydrogens is 560 g/mol. The summed E-state index contributed by atoms with van der Waals surface area (Å²) in [7, 11) is 7.10. The van der Waals surface area contributed by atoms with Crippen LogP contribution in [-0.2, 0) is 19.2 Å². The number of benzene rings is 1. The van der Waals surface area contributed by atoms with Crippen LogP contribution in [0.15, 0.2) is 35.1 Å². The third-order valence-electron chi connectivity index (χ3n) is 8.92. The number of rotatable bonds is 10. The Morgan fingerprint density at radius 2 is 1.74 bits per heavy atom. The normalized spacial score (nSPS) is 29.1. The summed E-state index contributed by atoms with van der Waals surface area (Å²) >= 11 is 1.62. The molecule has 1 amide bonds. The first kappa shape index (κ1) is 31.7. The maximum atomic E-state index is 14.5. The van der Waals surface area contributed by atoms with Crippen molar-refractivity contribution in [3.05, 3.63) is 46.2 Å². The minimum absolute atomic E-state index is 0.0985. The van der Waals surface area contributed by atoms with Gasteiger partial charge in [0.1, 0.15) is 34.5 Å². The number of likely N-dealkylation sites (N-methyl/N-ethyl adjacent to an activating group) is 1. The molecule has 42 heavy (non-hydrogen) atoms. The van der Waals surface area contributed by atoms with Crippen LogP contribution in [-0.4, -0.2) is 106 Å². The fourth-order valence-electron chi connectivity index (χ4n) is 7.12. The van der Waals surface area contributed by atoms with Crippen molar-refractivity contribution in [2.45, 2.75) is 37.3 Å². The number of phenolic OH excluding ortho intramolecular Hbond substituents is 1. The predicted octanol–water partition coefficient (Wildman–Crippen LogP) is 1.36. The molecule has 0 spiro atoms. The van der Waals surface area contributed by atoms with Gasteiger partial charge in [0.15, 0.2) is 11.6 Å². The summed E-state index contributed by atoms with van der Waals surface area (Å²) in [5.41, 5.74) is 10.8. The summed E-state index contributed by atoms with van der Waals surface area (Å²) in [6, 6.07) is 3.63. The third kappa shape index (κ3) is 4.93. The van der Waals surface area contributed by atoms with Gasteiger partial charge >= 0.3 is 0 Å². The van der Waals surface area contributed by atoms with E-state index in [1.54, 1.807) is 44.9 Å². The molecule has 1 aromatic rings. The van der Waals surface area contributed by atoms with Crippen LogP contribution < -0.4 is 11.5 Å². The highest BCUT2D eigenvalue weighted by molar-refractivity contribution is 7.99. The number of fused-ring (bicyclic) bond motifs is 3. The van der Waals surface area contributed by atoms with Crippen molar-refractivity contribution in [3.63, 3.8) is 0 Å². The molecule has 0 aromatic heterocycles. The number of aliphatic hydroxyl groups excluding tert-OH is 2. The summed E-state index contributed by atoms with van der Waals surface area (Å²) in [5.74, 6) is -7.28. The van der Waals surface area contributed by atoms with Crippen molar-refractivity contribution in [2.75, 3.05) is 46.2 Å². The highest BCUT2D eigenvalue weighted by atomic mass is 32.2. The van der Waals surface area contributed by atoms with E-state index < -0.39 is 69.8 Å². The van der Waals surface area contributed by atoms with Crippen molar-refractivity contribution in [2.24, 2.45) is 29.2 Å². The maximum Gasteiger partial charge on any atom is 0.255 e. The van der Waals surface area contributed by atoms with Gasteiger partial charge in [0.05, 0.1) is 17.1 Å². The average Bonchev–Trinajstić information content (AvgIpc) is 2.88. The van der Waals surface area contributed by atoms with Crippen molar-refractivity contribution in [1.82, 2.24) is 9.80 Å². The fraction of sp³-hybridized carbons (Fsp3) is 0.533. The Hall–Kier alpha value is -3.19. The highest BCUT2D eigenvalue weighted by Gasteiger charge is 2.68. The molecule has 0 bridgehead atoms. The molecule has 1 fully saturated rings. The lowest BCUT2D eigenvalue weighted by molar-refractivity contribution is -0.143. The minimum atomic E-state index is -1.83. The molecule has 11 nitrogen and oxygen atoms in total. The van der Waals surface area contributed by atoms with Gasteiger partial charge in [-0.1, -0.05) is 19.1 Å². The number of nitrogens with zero attached hydrogens (tertiary/aromatic N) is 2. The van der Waals surface area contributed by atoms with Gasteiger partial charge in [-0.05, 0) is 45.7 Å². The number of hydrogen-bond acceptors (Lipinski definition) is 11. The van der Waals surface area contributed by atoms with E-state index in [1.165, 1.54) is 11.0 Å². The Morgan fingerprint density at radius 3 is 2.31 bits per heavy atom. The topological polar surface area (TPSA) is 187 Å². The van der Waals surface area contributed by atoms with Gasteiger partial charge in [0, 0.05) is 48.3 Å². The highest BCUT2D eigenvalue weighted by Crippen LogP contribution is 2.59. The standard InChI is InChI=1S/C30H40N4O7S/c1-6-14(35)12-17-19-16(13-42-11-10-33(2)3)15-8-7-9-18(36)20(15)24(37)21(19)25(38)23-26(39)22(29(31)41)27(40)28(34(4)5)30(17,23)32/h7-9,16-17,19,23,28,36-37,40H,6,10-13,32H2,1-5H3,(H2,31,41)/t16-,17-,19-,23?,28+,30-/m0/s1. The number of thioether (sulfide) groups is 1. The lowest BCUT2D eigenvalue weighted by atomic mass is 9.48. The van der Waals surface area contributed by atoms with E-state index in [4.69, 9.17) is 11.5 Å². The van der Waals surface area contributed by atoms with Gasteiger partial charge in [0.25, 0.3) is 5.91 Å². The van der Waals surface area contributed by atoms with Crippen LogP contribution in [0.2, 0.25) is 0 Å². The largest absolute Gasteiger partial charge is 0.510 e. The van der Waals surface area contributed by atoms with Gasteiger partial charge in [0.2, 0.25) is 0 Å². The van der Waals surface area contributed by atoms with Gasteiger partial charge < -0.3 is 31.7 Å². The number of phenols is 1. The summed E-state index contributed by atoms with van der Waals surface area (Å²) in [6.45, 7) is 2.49. The molecule has 3 aliphatic carbocycles. The summed E-state index contributed by atoms with van der Waals surface area (Å²) in [4.78, 5) is 57.5. The number of nitrogens with two attached hydrogens (primary N) is 2. The smallest absolute Gasteiger partial charge is 0.255 e. The van der Waals surface area contributed by atoms with E-state index in [2.05, 4.69) is 0 Å². The number of amides is 1. The molecule has 0 saturated heterocycles. The number of Topliss-reactive ketones (excluding diaryl/α,β-unsaturated/α-hetero) is 3. The van der Waals surface area contributed by atoms with E-state index in [0.29, 0.717) is 11.3 Å². The maximum absolute atomic E-state index is 14.5. The van der Waals surface area contributed by atoms with Gasteiger partial charge in [-0.25, -0.2) is 0 Å². The molecule has 0 heterocycles. The Morgan fingerprint density at radius 1 is 1.07 bits per heavy atom.